The Bertz CT molecular complexity index is 1810. The number of hydrogen-bond donors (Lipinski definition) is 6. The number of nitrogen functional groups attached to an aromatic ring is 2. The number of aromatic nitrogens is 4. The fourth-order valence-corrected chi connectivity index (χ4v) is 7.22. The maximum Gasteiger partial charge on any atom is 0.351 e. The zero-order valence-electron chi connectivity index (χ0n) is 24.6. The zero-order chi connectivity index (χ0) is 34.0. The monoisotopic (exact) mass is 708 g/mol. The number of fused-ring (bicyclic) bond motifs is 2. The lowest BCUT2D eigenvalue weighted by atomic mass is 10.0. The van der Waals surface area contributed by atoms with Crippen LogP contribution in [0.5, 0.6) is 0 Å². The first kappa shape index (κ1) is 33.9. The molecule has 3 aromatic heterocycles. The van der Waals surface area contributed by atoms with Gasteiger partial charge in [0.2, 0.25) is 6.10 Å². The van der Waals surface area contributed by atoms with Gasteiger partial charge in [-0.15, -0.1) is 11.8 Å². The summed E-state index contributed by atoms with van der Waals surface area (Å²) in [7, 11) is 0. The van der Waals surface area contributed by atoms with Crippen molar-refractivity contribution in [2.45, 2.75) is 37.5 Å². The minimum atomic E-state index is -1.57. The third kappa shape index (κ3) is 6.81. The van der Waals surface area contributed by atoms with Crippen LogP contribution in [0, 0.1) is 0 Å². The third-order valence-corrected chi connectivity index (χ3v) is 9.61. The van der Waals surface area contributed by atoms with Gasteiger partial charge in [-0.1, -0.05) is 28.1 Å². The molecule has 0 saturated carbocycles. The van der Waals surface area contributed by atoms with Gasteiger partial charge in [-0.2, -0.15) is 0 Å². The summed E-state index contributed by atoms with van der Waals surface area (Å²) in [5.41, 5.74) is 12.4. The smallest absolute Gasteiger partial charge is 0.351 e. The molecule has 0 aromatic carbocycles. The summed E-state index contributed by atoms with van der Waals surface area (Å²) in [6.07, 6.45) is 0.282. The van der Waals surface area contributed by atoms with Crippen molar-refractivity contribution in [2.24, 2.45) is 5.16 Å². The summed E-state index contributed by atoms with van der Waals surface area (Å²) < 4.78 is 3.48. The number of amides is 2. The number of β-lactam (4-membered cyclic amide) rings is 1. The molecule has 2 aliphatic rings. The molecule has 18 nitrogen and oxygen atoms in total. The number of hydrogen-bond acceptors (Lipinski definition) is 15. The number of carbonyl (C=O) groups excluding carboxylic acids is 3. The van der Waals surface area contributed by atoms with Crippen molar-refractivity contribution in [3.8, 4) is 0 Å². The number of pyridine rings is 1. The molecule has 1 saturated heterocycles. The Labute approximate surface area is 279 Å². The predicted molar refractivity (Wildman–Crippen MR) is 168 cm³/mol. The first-order valence-corrected chi connectivity index (χ1v) is 16.2. The average molecular weight is 709 g/mol. The molecule has 8 N–H and O–H groups in total. The van der Waals surface area contributed by atoms with E-state index in [-0.39, 0.29) is 45.7 Å². The van der Waals surface area contributed by atoms with E-state index < -0.39 is 47.0 Å². The number of anilines is 2. The molecule has 0 spiro atoms. The van der Waals surface area contributed by atoms with Crippen molar-refractivity contribution in [1.82, 2.24) is 30.1 Å². The summed E-state index contributed by atoms with van der Waals surface area (Å²) in [6.45, 7) is 2.68. The number of nitrogens with zero attached hydrogens (tertiary/aromatic N) is 6. The lowest BCUT2D eigenvalue weighted by Crippen LogP contribution is -2.71. The number of thiazole rings is 1. The first-order valence-electron chi connectivity index (χ1n) is 14.0. The highest BCUT2D eigenvalue weighted by Crippen LogP contribution is 2.40. The average Bonchev–Trinajstić information content (AvgIpc) is 3.54. The SMILES string of the molecule is C[C@H](O/N=C(\C(=O)NC1C(=O)N2C(C(=O)[O-])=C(C[n+]3cccc4c3nc(N)n4CCNCCO)CSC12)c1nc(N)sc1Cl)C(=O)O. The van der Waals surface area contributed by atoms with Crippen LogP contribution in [0.3, 0.4) is 0 Å². The number of imidazole rings is 1. The number of nitrogens with one attached hydrogen (secondary N) is 2. The minimum absolute atomic E-state index is 0.000137. The number of halogens is 1. The van der Waals surface area contributed by atoms with Crippen molar-refractivity contribution >= 4 is 86.4 Å². The van der Waals surface area contributed by atoms with Gasteiger partial charge >= 0.3 is 17.6 Å². The highest BCUT2D eigenvalue weighted by Gasteiger charge is 2.53. The number of carboxylic acid groups (broad SMARTS) is 2. The van der Waals surface area contributed by atoms with E-state index in [0.29, 0.717) is 36.4 Å². The van der Waals surface area contributed by atoms with Crippen molar-refractivity contribution in [2.75, 3.05) is 36.9 Å². The van der Waals surface area contributed by atoms with Crippen molar-refractivity contribution < 1.29 is 43.9 Å². The Balaban J connectivity index is 1.37. The Morgan fingerprint density at radius 1 is 1.32 bits per heavy atom. The number of carbonyl (C=O) groups is 4. The fourth-order valence-electron chi connectivity index (χ4n) is 4.95. The molecular formula is C26H29ClN10O8S2. The lowest BCUT2D eigenvalue weighted by Gasteiger charge is -2.50. The van der Waals surface area contributed by atoms with Crippen LogP contribution < -0.4 is 31.8 Å². The Hall–Kier alpha value is -4.50. The van der Waals surface area contributed by atoms with Gasteiger partial charge in [0.25, 0.3) is 11.8 Å². The first-order chi connectivity index (χ1) is 22.4. The molecule has 3 atom stereocenters. The number of rotatable bonds is 14. The van der Waals surface area contributed by atoms with Crippen LogP contribution in [0.25, 0.3) is 11.2 Å². The van der Waals surface area contributed by atoms with Gasteiger partial charge in [-0.05, 0) is 24.0 Å². The Morgan fingerprint density at radius 2 is 2.09 bits per heavy atom. The quantitative estimate of drug-likeness (QED) is 0.0332. The van der Waals surface area contributed by atoms with Crippen LogP contribution in [-0.2, 0) is 37.1 Å². The molecule has 2 unspecified atom stereocenters. The van der Waals surface area contributed by atoms with E-state index in [1.807, 2.05) is 6.07 Å². The van der Waals surface area contributed by atoms with Gasteiger partial charge in [0, 0.05) is 31.0 Å². The zero-order valence-corrected chi connectivity index (χ0v) is 27.0. The topological polar surface area (TPSA) is 267 Å². The maximum absolute atomic E-state index is 13.3. The number of carboxylic acids is 2. The predicted octanol–water partition coefficient (Wildman–Crippen LogP) is -2.52. The maximum atomic E-state index is 13.3. The van der Waals surface area contributed by atoms with Crippen LogP contribution in [0.2, 0.25) is 4.34 Å². The summed E-state index contributed by atoms with van der Waals surface area (Å²) in [5, 5.41) is 38.9. The van der Waals surface area contributed by atoms with Crippen molar-refractivity contribution in [3.05, 3.63) is 39.6 Å². The van der Waals surface area contributed by atoms with E-state index in [0.717, 1.165) is 16.2 Å². The summed E-state index contributed by atoms with van der Waals surface area (Å²) >= 11 is 8.23. The molecule has 21 heteroatoms. The molecule has 5 rings (SSSR count). The number of thioether (sulfide) groups is 1. The molecule has 0 bridgehead atoms. The van der Waals surface area contributed by atoms with Gasteiger partial charge in [0.05, 0.1) is 24.5 Å². The minimum Gasteiger partial charge on any atom is -0.543 e. The van der Waals surface area contributed by atoms with E-state index >= 15 is 0 Å². The van der Waals surface area contributed by atoms with E-state index in [2.05, 4.69) is 25.8 Å². The van der Waals surface area contributed by atoms with Crippen LogP contribution in [-0.4, -0.2) is 102 Å². The van der Waals surface area contributed by atoms with Gasteiger partial charge in [0.15, 0.2) is 10.8 Å². The summed E-state index contributed by atoms with van der Waals surface area (Å²) in [6, 6.07) is 2.42. The molecule has 0 aliphatic carbocycles. The van der Waals surface area contributed by atoms with Crippen LogP contribution in [0.1, 0.15) is 12.6 Å². The summed E-state index contributed by atoms with van der Waals surface area (Å²) in [5.74, 6) is -4.19. The second-order valence-electron chi connectivity index (χ2n) is 10.2. The van der Waals surface area contributed by atoms with Gasteiger partial charge in [0.1, 0.15) is 33.5 Å². The normalized spacial score (nSPS) is 18.6. The van der Waals surface area contributed by atoms with Gasteiger partial charge in [-0.25, -0.2) is 14.3 Å². The van der Waals surface area contributed by atoms with Crippen molar-refractivity contribution in [3.63, 3.8) is 0 Å². The van der Waals surface area contributed by atoms with Crippen LogP contribution in [0.4, 0.5) is 11.1 Å². The van der Waals surface area contributed by atoms with Crippen LogP contribution >= 0.6 is 34.7 Å². The van der Waals surface area contributed by atoms with Gasteiger partial charge < -0.3 is 47.1 Å². The third-order valence-electron chi connectivity index (χ3n) is 7.19. The molecule has 250 valence electrons. The molecule has 2 amide bonds. The molecule has 1 fully saturated rings. The number of aliphatic hydroxyl groups excluding tert-OH is 1. The molecular weight excluding hydrogens is 680 g/mol. The Morgan fingerprint density at radius 3 is 2.74 bits per heavy atom. The van der Waals surface area contributed by atoms with E-state index in [1.165, 1.54) is 18.7 Å². The molecule has 3 aromatic rings. The van der Waals surface area contributed by atoms with E-state index in [4.69, 9.17) is 38.1 Å². The lowest BCUT2D eigenvalue weighted by molar-refractivity contribution is -0.664. The molecule has 2 aliphatic heterocycles. The fraction of sp³-hybridized carbons (Fsp3) is 0.385. The summed E-state index contributed by atoms with van der Waals surface area (Å²) in [4.78, 5) is 64.7. The number of oxime groups is 1. The second kappa shape index (κ2) is 14.1. The standard InChI is InChI=1S/C26H29ClN10O8S2/c1-11(23(41)42)45-34-15(14-18(27)47-26(29)32-14)20(39)31-16-21(40)37-17(24(43)44)12(10-46-22(16)37)9-35-6-2-3-13-19(35)33-25(28)36(13)7-4-30-5-8-38/h2-3,6,11,16,22,28,30,38H,4-5,7-10H2,1H3,(H5,29,31,32,39,41,42,43,44)/b34-15-/t11-,16?,22?/m0/s1. The Kier molecular flexibility index (Phi) is 10.2. The molecule has 5 heterocycles. The second-order valence-corrected chi connectivity index (χ2v) is 13.0. The highest BCUT2D eigenvalue weighted by molar-refractivity contribution is 8.00. The molecule has 0 radical (unpaired) electrons. The number of aliphatic hydroxyl groups is 1. The number of aliphatic carboxylic acids is 2. The van der Waals surface area contributed by atoms with Crippen LogP contribution in [0.15, 0.2) is 34.8 Å². The molecule has 47 heavy (non-hydrogen) atoms. The van der Waals surface area contributed by atoms with Gasteiger partial charge in [-0.3, -0.25) is 19.1 Å². The highest BCUT2D eigenvalue weighted by atomic mass is 35.5. The number of nitrogens with two attached hydrogens (primary N) is 2. The van der Waals surface area contributed by atoms with E-state index in [1.54, 1.807) is 21.4 Å². The van der Waals surface area contributed by atoms with E-state index in [9.17, 15) is 24.3 Å². The van der Waals surface area contributed by atoms with Crippen molar-refractivity contribution in [1.29, 1.82) is 0 Å². The largest absolute Gasteiger partial charge is 0.543 e.